The highest BCUT2D eigenvalue weighted by molar-refractivity contribution is 6.33. The van der Waals surface area contributed by atoms with E-state index in [4.69, 9.17) is 22.1 Å². The van der Waals surface area contributed by atoms with Crippen molar-refractivity contribution in [2.45, 2.75) is 13.5 Å². The maximum atomic E-state index is 5.95. The number of aryl methyl sites for hydroxylation is 1. The zero-order valence-electron chi connectivity index (χ0n) is 9.61. The van der Waals surface area contributed by atoms with E-state index in [1.165, 1.54) is 0 Å². The highest BCUT2D eigenvalue weighted by atomic mass is 35.5. The molecule has 0 heterocycles. The van der Waals surface area contributed by atoms with Gasteiger partial charge in [0.1, 0.15) is 12.4 Å². The number of ether oxygens (including phenoxy) is 1. The molecule has 88 valence electrons. The van der Waals surface area contributed by atoms with Crippen LogP contribution in [-0.2, 0) is 6.61 Å². The van der Waals surface area contributed by atoms with Gasteiger partial charge in [0.2, 0.25) is 0 Å². The Balaban J connectivity index is 2.08. The van der Waals surface area contributed by atoms with Crippen molar-refractivity contribution in [1.82, 2.24) is 0 Å². The van der Waals surface area contributed by atoms with Gasteiger partial charge in [0.05, 0.1) is 10.7 Å². The molecule has 0 bridgehead atoms. The van der Waals surface area contributed by atoms with Crippen LogP contribution in [0.15, 0.2) is 42.5 Å². The van der Waals surface area contributed by atoms with E-state index in [1.807, 2.05) is 43.3 Å². The summed E-state index contributed by atoms with van der Waals surface area (Å²) in [6, 6.07) is 13.5. The third kappa shape index (κ3) is 2.92. The summed E-state index contributed by atoms with van der Waals surface area (Å²) in [7, 11) is 0. The normalized spacial score (nSPS) is 10.2. The number of halogens is 1. The number of nitrogens with two attached hydrogens (primary N) is 1. The van der Waals surface area contributed by atoms with E-state index < -0.39 is 0 Å². The first-order valence-corrected chi connectivity index (χ1v) is 5.77. The van der Waals surface area contributed by atoms with Gasteiger partial charge in [-0.05, 0) is 36.2 Å². The lowest BCUT2D eigenvalue weighted by Crippen LogP contribution is -1.97. The van der Waals surface area contributed by atoms with E-state index in [9.17, 15) is 0 Å². The van der Waals surface area contributed by atoms with Gasteiger partial charge in [0.15, 0.2) is 0 Å². The van der Waals surface area contributed by atoms with Crippen LogP contribution in [0, 0.1) is 6.92 Å². The first-order chi connectivity index (χ1) is 8.16. The largest absolute Gasteiger partial charge is 0.489 e. The number of rotatable bonds is 3. The Bertz CT molecular complexity index is 525. The van der Waals surface area contributed by atoms with Gasteiger partial charge in [0.25, 0.3) is 0 Å². The topological polar surface area (TPSA) is 35.2 Å². The van der Waals surface area contributed by atoms with Gasteiger partial charge in [0, 0.05) is 0 Å². The zero-order chi connectivity index (χ0) is 12.3. The van der Waals surface area contributed by atoms with E-state index in [2.05, 4.69) is 0 Å². The minimum Gasteiger partial charge on any atom is -0.489 e. The van der Waals surface area contributed by atoms with Crippen molar-refractivity contribution >= 4 is 17.3 Å². The van der Waals surface area contributed by atoms with Crippen LogP contribution in [-0.4, -0.2) is 0 Å². The van der Waals surface area contributed by atoms with E-state index in [0.717, 1.165) is 16.9 Å². The van der Waals surface area contributed by atoms with E-state index >= 15 is 0 Å². The summed E-state index contributed by atoms with van der Waals surface area (Å²) in [4.78, 5) is 0. The molecule has 0 aliphatic heterocycles. The smallest absolute Gasteiger partial charge is 0.122 e. The van der Waals surface area contributed by atoms with Gasteiger partial charge in [-0.3, -0.25) is 0 Å². The summed E-state index contributed by atoms with van der Waals surface area (Å²) in [5.41, 5.74) is 8.36. The Morgan fingerprint density at radius 3 is 2.65 bits per heavy atom. The van der Waals surface area contributed by atoms with Crippen molar-refractivity contribution in [3.8, 4) is 5.75 Å². The first-order valence-electron chi connectivity index (χ1n) is 5.39. The van der Waals surface area contributed by atoms with Crippen LogP contribution in [0.1, 0.15) is 11.1 Å². The number of benzene rings is 2. The van der Waals surface area contributed by atoms with E-state index in [0.29, 0.717) is 17.3 Å². The lowest BCUT2D eigenvalue weighted by atomic mass is 10.2. The summed E-state index contributed by atoms with van der Waals surface area (Å²) >= 11 is 5.95. The average molecular weight is 248 g/mol. The molecule has 0 amide bonds. The molecule has 0 fully saturated rings. The lowest BCUT2D eigenvalue weighted by Gasteiger charge is -2.09. The lowest BCUT2D eigenvalue weighted by molar-refractivity contribution is 0.304. The molecule has 0 aliphatic rings. The molecule has 0 atom stereocenters. The molecule has 0 aromatic heterocycles. The monoisotopic (exact) mass is 247 g/mol. The molecule has 0 unspecified atom stereocenters. The SMILES string of the molecule is Cc1ccccc1OCc1ccc(N)c(Cl)c1. The predicted molar refractivity (Wildman–Crippen MR) is 71.4 cm³/mol. The summed E-state index contributed by atoms with van der Waals surface area (Å²) in [5.74, 6) is 0.889. The Labute approximate surface area is 106 Å². The molecule has 2 N–H and O–H groups in total. The Kier molecular flexibility index (Phi) is 3.55. The molecule has 2 aromatic carbocycles. The van der Waals surface area contributed by atoms with Crippen molar-refractivity contribution in [3.63, 3.8) is 0 Å². The molecule has 2 aromatic rings. The fourth-order valence-electron chi connectivity index (χ4n) is 1.54. The summed E-state index contributed by atoms with van der Waals surface area (Å²) in [5, 5.41) is 0.566. The minimum absolute atomic E-state index is 0.491. The second kappa shape index (κ2) is 5.11. The molecule has 0 aliphatic carbocycles. The van der Waals surface area contributed by atoms with Crippen molar-refractivity contribution in [1.29, 1.82) is 0 Å². The van der Waals surface area contributed by atoms with Crippen molar-refractivity contribution in [2.24, 2.45) is 0 Å². The molecule has 3 heteroatoms. The summed E-state index contributed by atoms with van der Waals surface area (Å²) < 4.78 is 5.72. The molecule has 2 rings (SSSR count). The maximum Gasteiger partial charge on any atom is 0.122 e. The number of nitrogen functional groups attached to an aromatic ring is 1. The molecular formula is C14H14ClNO. The van der Waals surface area contributed by atoms with Crippen molar-refractivity contribution in [2.75, 3.05) is 5.73 Å². The third-order valence-corrected chi connectivity index (χ3v) is 2.88. The number of para-hydroxylation sites is 1. The van der Waals surface area contributed by atoms with Gasteiger partial charge in [-0.1, -0.05) is 35.9 Å². The van der Waals surface area contributed by atoms with Gasteiger partial charge in [-0.15, -0.1) is 0 Å². The quantitative estimate of drug-likeness (QED) is 0.837. The molecular weight excluding hydrogens is 234 g/mol. The fourth-order valence-corrected chi connectivity index (χ4v) is 1.74. The van der Waals surface area contributed by atoms with Crippen LogP contribution in [0.2, 0.25) is 5.02 Å². The number of hydrogen-bond acceptors (Lipinski definition) is 2. The molecule has 0 saturated carbocycles. The Morgan fingerprint density at radius 2 is 1.94 bits per heavy atom. The zero-order valence-corrected chi connectivity index (χ0v) is 10.4. The van der Waals surface area contributed by atoms with Crippen LogP contribution in [0.3, 0.4) is 0 Å². The molecule has 2 nitrogen and oxygen atoms in total. The van der Waals surface area contributed by atoms with Crippen LogP contribution < -0.4 is 10.5 Å². The average Bonchev–Trinajstić information content (AvgIpc) is 2.32. The minimum atomic E-state index is 0.491. The van der Waals surface area contributed by atoms with Crippen LogP contribution in [0.4, 0.5) is 5.69 Å². The van der Waals surface area contributed by atoms with Crippen LogP contribution in [0.5, 0.6) is 5.75 Å². The van der Waals surface area contributed by atoms with Crippen molar-refractivity contribution < 1.29 is 4.74 Å². The highest BCUT2D eigenvalue weighted by Gasteiger charge is 2.01. The molecule has 0 saturated heterocycles. The molecule has 17 heavy (non-hydrogen) atoms. The maximum absolute atomic E-state index is 5.95. The van der Waals surface area contributed by atoms with E-state index in [-0.39, 0.29) is 0 Å². The second-order valence-electron chi connectivity index (χ2n) is 3.91. The van der Waals surface area contributed by atoms with E-state index in [1.54, 1.807) is 6.07 Å². The third-order valence-electron chi connectivity index (χ3n) is 2.55. The summed E-state index contributed by atoms with van der Waals surface area (Å²) in [6.07, 6.45) is 0. The van der Waals surface area contributed by atoms with Crippen molar-refractivity contribution in [3.05, 3.63) is 58.6 Å². The van der Waals surface area contributed by atoms with Gasteiger partial charge in [-0.2, -0.15) is 0 Å². The first kappa shape index (κ1) is 11.8. The Morgan fingerprint density at radius 1 is 1.18 bits per heavy atom. The van der Waals surface area contributed by atoms with Crippen LogP contribution in [0.25, 0.3) is 0 Å². The number of hydrogen-bond donors (Lipinski definition) is 1. The fraction of sp³-hybridized carbons (Fsp3) is 0.143. The standard InChI is InChI=1S/C14H14ClNO/c1-10-4-2-3-5-14(10)17-9-11-6-7-13(16)12(15)8-11/h2-8H,9,16H2,1H3. The molecule has 0 spiro atoms. The van der Waals surface area contributed by atoms with Gasteiger partial charge in [-0.25, -0.2) is 0 Å². The Hall–Kier alpha value is -1.67. The summed E-state index contributed by atoms with van der Waals surface area (Å²) in [6.45, 7) is 2.51. The number of anilines is 1. The highest BCUT2D eigenvalue weighted by Crippen LogP contribution is 2.22. The second-order valence-corrected chi connectivity index (χ2v) is 4.32. The van der Waals surface area contributed by atoms with Gasteiger partial charge >= 0.3 is 0 Å². The van der Waals surface area contributed by atoms with Gasteiger partial charge < -0.3 is 10.5 Å². The predicted octanol–water partition coefficient (Wildman–Crippen LogP) is 3.81. The molecule has 0 radical (unpaired) electrons. The van der Waals surface area contributed by atoms with Crippen LogP contribution >= 0.6 is 11.6 Å².